The van der Waals surface area contributed by atoms with E-state index in [1.54, 1.807) is 6.07 Å². The van der Waals surface area contributed by atoms with Crippen molar-refractivity contribution in [2.45, 2.75) is 20.8 Å². The Morgan fingerprint density at radius 3 is 2.36 bits per heavy atom. The number of nitrogens with zero attached hydrogens (tertiary/aromatic N) is 3. The lowest BCUT2D eigenvalue weighted by molar-refractivity contribution is -0.384. The molecule has 0 unspecified atom stereocenters. The van der Waals surface area contributed by atoms with Gasteiger partial charge in [-0.2, -0.15) is 0 Å². The Kier molecular flexibility index (Phi) is 5.84. The summed E-state index contributed by atoms with van der Waals surface area (Å²) < 4.78 is 0. The zero-order valence-electron chi connectivity index (χ0n) is 14.4. The Hall–Kier alpha value is -1.93. The molecule has 0 radical (unpaired) electrons. The van der Waals surface area contributed by atoms with Crippen LogP contribution < -0.4 is 10.2 Å². The monoisotopic (exact) mass is 384 g/mol. The van der Waals surface area contributed by atoms with Crippen molar-refractivity contribution in [2.75, 3.05) is 31.1 Å². The molecule has 1 amide bonds. The summed E-state index contributed by atoms with van der Waals surface area (Å²) in [6, 6.07) is 4.47. The third-order valence-corrected chi connectivity index (χ3v) is 4.61. The number of halogens is 1. The lowest BCUT2D eigenvalue weighted by Gasteiger charge is -2.38. The average molecular weight is 385 g/mol. The minimum Gasteiger partial charge on any atom is -0.367 e. The third kappa shape index (κ3) is 4.79. The molecule has 136 valence electrons. The highest BCUT2D eigenvalue weighted by Crippen LogP contribution is 2.30. The van der Waals surface area contributed by atoms with Crippen LogP contribution in [0.25, 0.3) is 0 Å². The van der Waals surface area contributed by atoms with Gasteiger partial charge in [0.2, 0.25) is 5.91 Å². The second-order valence-corrected chi connectivity index (χ2v) is 7.67. The molecule has 0 atom stereocenters. The molecule has 25 heavy (non-hydrogen) atoms. The number of anilines is 1. The Bertz CT molecular complexity index is 697. The normalized spacial score (nSPS) is 15.0. The maximum Gasteiger partial charge on any atom is 0.271 e. The van der Waals surface area contributed by atoms with Gasteiger partial charge >= 0.3 is 0 Å². The van der Waals surface area contributed by atoms with Gasteiger partial charge in [-0.25, -0.2) is 0 Å². The van der Waals surface area contributed by atoms with E-state index in [9.17, 15) is 14.9 Å². The summed E-state index contributed by atoms with van der Waals surface area (Å²) >= 11 is 11.5. The largest absolute Gasteiger partial charge is 0.367 e. The van der Waals surface area contributed by atoms with Gasteiger partial charge in [0.15, 0.2) is 5.11 Å². The predicted octanol–water partition coefficient (Wildman–Crippen LogP) is 2.82. The van der Waals surface area contributed by atoms with E-state index < -0.39 is 10.3 Å². The molecule has 0 aliphatic carbocycles. The molecule has 1 saturated heterocycles. The first-order valence-electron chi connectivity index (χ1n) is 7.89. The molecule has 1 heterocycles. The zero-order chi connectivity index (χ0) is 18.8. The van der Waals surface area contributed by atoms with Crippen molar-refractivity contribution in [1.82, 2.24) is 10.2 Å². The molecule has 0 spiro atoms. The van der Waals surface area contributed by atoms with Crippen LogP contribution in [0, 0.1) is 15.5 Å². The number of hydrogen-bond donors (Lipinski definition) is 1. The number of nitro groups is 1. The number of carbonyl (C=O) groups excluding carboxylic acids is 1. The number of carbonyl (C=O) groups is 1. The number of non-ortho nitro benzene ring substituents is 1. The molecule has 1 aromatic carbocycles. The number of rotatable bonds is 2. The molecule has 7 nitrogen and oxygen atoms in total. The van der Waals surface area contributed by atoms with Crippen LogP contribution in [0.3, 0.4) is 0 Å². The number of thiocarbonyl (C=S) groups is 1. The van der Waals surface area contributed by atoms with Gasteiger partial charge in [-0.05, 0) is 18.3 Å². The van der Waals surface area contributed by atoms with E-state index in [1.807, 2.05) is 25.7 Å². The molecule has 0 saturated carbocycles. The minimum atomic E-state index is -0.502. The summed E-state index contributed by atoms with van der Waals surface area (Å²) in [5.41, 5.74) is 0.230. The number of piperazine rings is 1. The first kappa shape index (κ1) is 19.4. The van der Waals surface area contributed by atoms with Crippen LogP contribution in [0.2, 0.25) is 5.02 Å². The van der Waals surface area contributed by atoms with Gasteiger partial charge in [0.05, 0.1) is 15.6 Å². The van der Waals surface area contributed by atoms with Crippen LogP contribution in [0.15, 0.2) is 18.2 Å². The summed E-state index contributed by atoms with van der Waals surface area (Å²) in [5.74, 6) is -0.113. The van der Waals surface area contributed by atoms with Crippen molar-refractivity contribution in [2.24, 2.45) is 5.41 Å². The Balaban J connectivity index is 1.97. The molecule has 0 aromatic heterocycles. The number of nitrogens with one attached hydrogen (secondary N) is 1. The SMILES string of the molecule is CC(C)(C)C(=O)NC(=S)N1CCN(c2ccc([N+](=O)[O-])cc2Cl)CC1. The van der Waals surface area contributed by atoms with Gasteiger partial charge in [0.25, 0.3) is 5.69 Å². The fraction of sp³-hybridized carbons (Fsp3) is 0.500. The second kappa shape index (κ2) is 7.53. The van der Waals surface area contributed by atoms with E-state index in [2.05, 4.69) is 10.2 Å². The highest BCUT2D eigenvalue weighted by molar-refractivity contribution is 7.80. The summed E-state index contributed by atoms with van der Waals surface area (Å²) in [7, 11) is 0. The van der Waals surface area contributed by atoms with Crippen molar-refractivity contribution >= 4 is 46.2 Å². The fourth-order valence-corrected chi connectivity index (χ4v) is 2.95. The van der Waals surface area contributed by atoms with Crippen LogP contribution in [0.5, 0.6) is 0 Å². The first-order valence-corrected chi connectivity index (χ1v) is 8.67. The third-order valence-electron chi connectivity index (χ3n) is 3.95. The maximum absolute atomic E-state index is 12.0. The fourth-order valence-electron chi connectivity index (χ4n) is 2.38. The molecule has 1 aromatic rings. The summed E-state index contributed by atoms with van der Waals surface area (Å²) in [6.45, 7) is 8.08. The van der Waals surface area contributed by atoms with Crippen LogP contribution >= 0.6 is 23.8 Å². The van der Waals surface area contributed by atoms with E-state index in [-0.39, 0.29) is 11.6 Å². The van der Waals surface area contributed by atoms with Gasteiger partial charge in [-0.15, -0.1) is 0 Å². The quantitative estimate of drug-likeness (QED) is 0.480. The van der Waals surface area contributed by atoms with Crippen LogP contribution in [-0.4, -0.2) is 47.0 Å². The molecular formula is C16H21ClN4O3S. The number of hydrogen-bond acceptors (Lipinski definition) is 5. The van der Waals surface area contributed by atoms with Crippen LogP contribution in [0.1, 0.15) is 20.8 Å². The van der Waals surface area contributed by atoms with Crippen molar-refractivity contribution in [3.63, 3.8) is 0 Å². The summed E-state index contributed by atoms with van der Waals surface area (Å²) in [6.07, 6.45) is 0. The van der Waals surface area contributed by atoms with Gasteiger partial charge in [0.1, 0.15) is 0 Å². The number of nitro benzene ring substituents is 1. The number of benzene rings is 1. The lowest BCUT2D eigenvalue weighted by Crippen LogP contribution is -2.54. The van der Waals surface area contributed by atoms with Crippen LogP contribution in [0.4, 0.5) is 11.4 Å². The van der Waals surface area contributed by atoms with Crippen molar-refractivity contribution < 1.29 is 9.72 Å². The molecule has 2 rings (SSSR count). The Labute approximate surface area is 157 Å². The first-order chi connectivity index (χ1) is 11.6. The van der Waals surface area contributed by atoms with Gasteiger partial charge < -0.3 is 15.1 Å². The van der Waals surface area contributed by atoms with Crippen molar-refractivity contribution in [1.29, 1.82) is 0 Å². The van der Waals surface area contributed by atoms with Gasteiger partial charge in [-0.3, -0.25) is 14.9 Å². The highest BCUT2D eigenvalue weighted by Gasteiger charge is 2.26. The van der Waals surface area contributed by atoms with Crippen molar-refractivity contribution in [3.8, 4) is 0 Å². The molecule has 1 aliphatic heterocycles. The standard InChI is InChI=1S/C16H21ClN4O3S/c1-16(2,3)14(22)18-15(25)20-8-6-19(7-9-20)13-5-4-11(21(23)24)10-12(13)17/h4-5,10H,6-9H2,1-3H3,(H,18,22,25). The van der Waals surface area contributed by atoms with Gasteiger partial charge in [0, 0.05) is 43.7 Å². The van der Waals surface area contributed by atoms with E-state index in [0.29, 0.717) is 36.3 Å². The average Bonchev–Trinajstić information content (AvgIpc) is 2.53. The zero-order valence-corrected chi connectivity index (χ0v) is 16.0. The smallest absolute Gasteiger partial charge is 0.271 e. The van der Waals surface area contributed by atoms with Crippen molar-refractivity contribution in [3.05, 3.63) is 33.3 Å². The topological polar surface area (TPSA) is 78.7 Å². The van der Waals surface area contributed by atoms with E-state index in [1.165, 1.54) is 12.1 Å². The van der Waals surface area contributed by atoms with Crippen LogP contribution in [-0.2, 0) is 4.79 Å². The Morgan fingerprint density at radius 2 is 1.88 bits per heavy atom. The van der Waals surface area contributed by atoms with Gasteiger partial charge in [-0.1, -0.05) is 32.4 Å². The maximum atomic E-state index is 12.0. The molecule has 0 bridgehead atoms. The summed E-state index contributed by atoms with van der Waals surface area (Å²) in [4.78, 5) is 26.3. The van der Waals surface area contributed by atoms with E-state index >= 15 is 0 Å². The molecule has 9 heteroatoms. The number of amides is 1. The predicted molar refractivity (Wildman–Crippen MR) is 102 cm³/mol. The van der Waals surface area contributed by atoms with E-state index in [4.69, 9.17) is 23.8 Å². The molecular weight excluding hydrogens is 364 g/mol. The van der Waals surface area contributed by atoms with E-state index in [0.717, 1.165) is 5.69 Å². The summed E-state index contributed by atoms with van der Waals surface area (Å²) in [5, 5.41) is 14.3. The Morgan fingerprint density at radius 1 is 1.28 bits per heavy atom. The molecule has 1 fully saturated rings. The minimum absolute atomic E-state index is 0.0292. The lowest BCUT2D eigenvalue weighted by atomic mass is 9.96. The molecule has 1 N–H and O–H groups in total. The molecule has 1 aliphatic rings. The highest BCUT2D eigenvalue weighted by atomic mass is 35.5. The second-order valence-electron chi connectivity index (χ2n) is 6.88.